The summed E-state index contributed by atoms with van der Waals surface area (Å²) in [4.78, 5) is 11.8. The zero-order valence-corrected chi connectivity index (χ0v) is 16.1. The minimum absolute atomic E-state index is 0.558. The van der Waals surface area contributed by atoms with Crippen LogP contribution in [0, 0.1) is 6.92 Å². The maximum atomic E-state index is 11.8. The van der Waals surface area contributed by atoms with Crippen molar-refractivity contribution >= 4 is 17.2 Å². The van der Waals surface area contributed by atoms with E-state index in [0.29, 0.717) is 5.92 Å². The second kappa shape index (κ2) is 7.56. The number of benzene rings is 2. The van der Waals surface area contributed by atoms with E-state index in [1.54, 1.807) is 0 Å². The number of fused-ring (bicyclic) bond motifs is 1. The lowest BCUT2D eigenvalue weighted by molar-refractivity contribution is 0.112. The first-order chi connectivity index (χ1) is 13.3. The lowest BCUT2D eigenvalue weighted by atomic mass is 9.81. The Bertz CT molecular complexity index is 989. The molecule has 2 aromatic carbocycles. The van der Waals surface area contributed by atoms with Crippen LogP contribution in [0.3, 0.4) is 0 Å². The molecule has 2 heteroatoms. The van der Waals surface area contributed by atoms with Crippen molar-refractivity contribution in [3.8, 4) is 11.3 Å². The van der Waals surface area contributed by atoms with Gasteiger partial charge in [0.05, 0.1) is 5.69 Å². The first-order valence-electron chi connectivity index (χ1n) is 10.0. The summed E-state index contributed by atoms with van der Waals surface area (Å²) in [5, 5.41) is 1.38. The van der Waals surface area contributed by atoms with E-state index in [1.165, 1.54) is 59.8 Å². The predicted octanol–water partition coefficient (Wildman–Crippen LogP) is 6.66. The highest BCUT2D eigenvalue weighted by molar-refractivity contribution is 5.98. The monoisotopic (exact) mass is 357 g/mol. The van der Waals surface area contributed by atoms with Gasteiger partial charge in [-0.25, -0.2) is 0 Å². The molecule has 1 heterocycles. The number of rotatable bonds is 5. The fourth-order valence-corrected chi connectivity index (χ4v) is 4.83. The molecule has 0 saturated heterocycles. The zero-order chi connectivity index (χ0) is 18.8. The lowest BCUT2D eigenvalue weighted by Crippen LogP contribution is -2.08. The molecule has 0 spiro atoms. The fraction of sp³-hybridized carbons (Fsp3) is 0.320. The Kier molecular flexibility index (Phi) is 4.98. The van der Waals surface area contributed by atoms with Crippen LogP contribution in [0.1, 0.15) is 59.5 Å². The minimum Gasteiger partial charge on any atom is -0.336 e. The summed E-state index contributed by atoms with van der Waals surface area (Å²) in [6.45, 7) is 6.95. The van der Waals surface area contributed by atoms with Gasteiger partial charge in [-0.1, -0.05) is 61.7 Å². The molecule has 1 aliphatic carbocycles. The maximum Gasteiger partial charge on any atom is 0.150 e. The lowest BCUT2D eigenvalue weighted by Gasteiger charge is -2.24. The molecule has 0 aliphatic heterocycles. The number of hydrogen-bond donors (Lipinski definition) is 0. The molecule has 0 amide bonds. The molecule has 3 aromatic rings. The highest BCUT2D eigenvalue weighted by Gasteiger charge is 2.27. The van der Waals surface area contributed by atoms with Gasteiger partial charge < -0.3 is 4.57 Å². The molecule has 0 atom stereocenters. The van der Waals surface area contributed by atoms with Gasteiger partial charge in [0, 0.05) is 28.6 Å². The van der Waals surface area contributed by atoms with Crippen LogP contribution in [0.4, 0.5) is 0 Å². The molecular weight excluding hydrogens is 330 g/mol. The van der Waals surface area contributed by atoms with Crippen LogP contribution >= 0.6 is 0 Å². The third-order valence-corrected chi connectivity index (χ3v) is 6.00. The SMILES string of the molecule is C=CCn1c(-c2ccccc2C=O)c(C2CCCCC2)c2c(C)cccc21. The molecule has 138 valence electrons. The summed E-state index contributed by atoms with van der Waals surface area (Å²) in [5.41, 5.74) is 7.05. The zero-order valence-electron chi connectivity index (χ0n) is 16.1. The quantitative estimate of drug-likeness (QED) is 0.369. The minimum atomic E-state index is 0.558. The molecule has 1 aliphatic rings. The van der Waals surface area contributed by atoms with Gasteiger partial charge in [-0.3, -0.25) is 4.79 Å². The van der Waals surface area contributed by atoms with Crippen molar-refractivity contribution < 1.29 is 4.79 Å². The van der Waals surface area contributed by atoms with E-state index in [-0.39, 0.29) is 0 Å². The van der Waals surface area contributed by atoms with E-state index in [1.807, 2.05) is 24.3 Å². The number of allylic oxidation sites excluding steroid dienone is 1. The largest absolute Gasteiger partial charge is 0.336 e. The molecular formula is C25H27NO. The van der Waals surface area contributed by atoms with E-state index < -0.39 is 0 Å². The van der Waals surface area contributed by atoms with Crippen LogP contribution < -0.4 is 0 Å². The summed E-state index contributed by atoms with van der Waals surface area (Å²) in [6.07, 6.45) is 9.33. The van der Waals surface area contributed by atoms with Crippen molar-refractivity contribution in [2.45, 2.75) is 51.5 Å². The van der Waals surface area contributed by atoms with Crippen molar-refractivity contribution in [3.05, 3.63) is 71.8 Å². The van der Waals surface area contributed by atoms with Crippen molar-refractivity contribution in [2.24, 2.45) is 0 Å². The number of hydrogen-bond acceptors (Lipinski definition) is 1. The molecule has 0 N–H and O–H groups in total. The van der Waals surface area contributed by atoms with Crippen molar-refractivity contribution in [3.63, 3.8) is 0 Å². The first-order valence-corrected chi connectivity index (χ1v) is 10.0. The standard InChI is InChI=1S/C25H27NO/c1-3-16-26-22-15-9-10-18(2)23(22)24(19-11-5-4-6-12-19)25(26)21-14-8-7-13-20(21)17-27/h3,7-10,13-15,17,19H,1,4-6,11-12,16H2,2H3. The molecule has 1 saturated carbocycles. The molecule has 1 fully saturated rings. The topological polar surface area (TPSA) is 22.0 Å². The average Bonchev–Trinajstić information content (AvgIpc) is 3.04. The first kappa shape index (κ1) is 17.8. The van der Waals surface area contributed by atoms with Gasteiger partial charge in [-0.05, 0) is 42.9 Å². The Hall–Kier alpha value is -2.61. The van der Waals surface area contributed by atoms with Crippen molar-refractivity contribution in [2.75, 3.05) is 0 Å². The van der Waals surface area contributed by atoms with Crippen molar-refractivity contribution in [1.29, 1.82) is 0 Å². The van der Waals surface area contributed by atoms with E-state index in [4.69, 9.17) is 0 Å². The Morgan fingerprint density at radius 2 is 1.85 bits per heavy atom. The number of carbonyl (C=O) groups is 1. The highest BCUT2D eigenvalue weighted by Crippen LogP contribution is 2.45. The summed E-state index contributed by atoms with van der Waals surface area (Å²) in [5.74, 6) is 0.558. The van der Waals surface area contributed by atoms with E-state index in [2.05, 4.69) is 42.3 Å². The van der Waals surface area contributed by atoms with Crippen molar-refractivity contribution in [1.82, 2.24) is 4.57 Å². The maximum absolute atomic E-state index is 11.8. The third-order valence-electron chi connectivity index (χ3n) is 6.00. The van der Waals surface area contributed by atoms with E-state index in [9.17, 15) is 4.79 Å². The Morgan fingerprint density at radius 3 is 2.59 bits per heavy atom. The smallest absolute Gasteiger partial charge is 0.150 e. The highest BCUT2D eigenvalue weighted by atomic mass is 16.1. The van der Waals surface area contributed by atoms with Gasteiger partial charge in [-0.2, -0.15) is 0 Å². The van der Waals surface area contributed by atoms with Crippen LogP contribution in [-0.4, -0.2) is 10.9 Å². The molecule has 0 bridgehead atoms. The Morgan fingerprint density at radius 1 is 1.07 bits per heavy atom. The predicted molar refractivity (Wildman–Crippen MR) is 114 cm³/mol. The Balaban J connectivity index is 2.11. The van der Waals surface area contributed by atoms with Crippen LogP contribution in [0.15, 0.2) is 55.1 Å². The Labute approximate surface area is 161 Å². The van der Waals surface area contributed by atoms with Gasteiger partial charge in [0.1, 0.15) is 0 Å². The van der Waals surface area contributed by atoms with E-state index >= 15 is 0 Å². The number of aryl methyl sites for hydroxylation is 1. The van der Waals surface area contributed by atoms with Crippen LogP contribution in [0.25, 0.3) is 22.2 Å². The third kappa shape index (κ3) is 3.03. The number of carbonyl (C=O) groups excluding carboxylic acids is 1. The normalized spacial score (nSPS) is 15.1. The average molecular weight is 357 g/mol. The molecule has 0 radical (unpaired) electrons. The van der Waals surface area contributed by atoms with E-state index in [0.717, 1.165) is 24.0 Å². The molecule has 1 aromatic heterocycles. The van der Waals surface area contributed by atoms with Gasteiger partial charge in [-0.15, -0.1) is 6.58 Å². The molecule has 4 rings (SSSR count). The van der Waals surface area contributed by atoms with Gasteiger partial charge in [0.2, 0.25) is 0 Å². The summed E-state index contributed by atoms with van der Waals surface area (Å²) in [6, 6.07) is 14.6. The molecule has 2 nitrogen and oxygen atoms in total. The summed E-state index contributed by atoms with van der Waals surface area (Å²) >= 11 is 0. The van der Waals surface area contributed by atoms with Crippen LogP contribution in [-0.2, 0) is 6.54 Å². The molecule has 27 heavy (non-hydrogen) atoms. The number of aldehydes is 1. The number of nitrogens with zero attached hydrogens (tertiary/aromatic N) is 1. The van der Waals surface area contributed by atoms with Crippen LogP contribution in [0.2, 0.25) is 0 Å². The van der Waals surface area contributed by atoms with Gasteiger partial charge in [0.15, 0.2) is 6.29 Å². The fourth-order valence-electron chi connectivity index (χ4n) is 4.83. The molecule has 0 unspecified atom stereocenters. The number of aromatic nitrogens is 1. The summed E-state index contributed by atoms with van der Waals surface area (Å²) < 4.78 is 2.36. The van der Waals surface area contributed by atoms with Crippen LogP contribution in [0.5, 0.6) is 0 Å². The van der Waals surface area contributed by atoms with Gasteiger partial charge >= 0.3 is 0 Å². The van der Waals surface area contributed by atoms with Gasteiger partial charge in [0.25, 0.3) is 0 Å². The second-order valence-electron chi connectivity index (χ2n) is 7.67. The summed E-state index contributed by atoms with van der Waals surface area (Å²) in [7, 11) is 0. The second-order valence-corrected chi connectivity index (χ2v) is 7.67.